The lowest BCUT2D eigenvalue weighted by atomic mass is 9.76. The molecule has 1 fully saturated rings. The fraction of sp³-hybridized carbons (Fsp3) is 0.304. The number of nitrogens with one attached hydrogen (secondary N) is 1. The molecule has 6 heteroatoms. The zero-order valence-electron chi connectivity index (χ0n) is 16.1. The average molecular weight is 386 g/mol. The largest absolute Gasteiger partial charge is 0.337 e. The van der Waals surface area contributed by atoms with E-state index in [0.29, 0.717) is 24.6 Å². The number of aromatic amines is 1. The zero-order chi connectivity index (χ0) is 19.8. The van der Waals surface area contributed by atoms with E-state index in [4.69, 9.17) is 4.98 Å². The molecule has 6 nitrogen and oxygen atoms in total. The van der Waals surface area contributed by atoms with Crippen LogP contribution < -0.4 is 5.56 Å². The lowest BCUT2D eigenvalue weighted by Crippen LogP contribution is -2.45. The van der Waals surface area contributed by atoms with Crippen LogP contribution in [0.5, 0.6) is 0 Å². The van der Waals surface area contributed by atoms with Crippen LogP contribution in [-0.2, 0) is 11.8 Å². The van der Waals surface area contributed by atoms with Gasteiger partial charge in [-0.3, -0.25) is 14.6 Å². The van der Waals surface area contributed by atoms with Crippen LogP contribution in [0, 0.1) is 0 Å². The Morgan fingerprint density at radius 1 is 1.00 bits per heavy atom. The van der Waals surface area contributed by atoms with Crippen LogP contribution in [0.15, 0.2) is 59.5 Å². The van der Waals surface area contributed by atoms with Crippen LogP contribution in [0.1, 0.15) is 41.0 Å². The molecule has 1 aliphatic carbocycles. The minimum Gasteiger partial charge on any atom is -0.337 e. The van der Waals surface area contributed by atoms with Crippen molar-refractivity contribution in [2.75, 3.05) is 13.1 Å². The Hall–Kier alpha value is -3.28. The van der Waals surface area contributed by atoms with Crippen molar-refractivity contribution in [2.24, 2.45) is 0 Å². The number of benzene rings is 1. The highest BCUT2D eigenvalue weighted by molar-refractivity contribution is 5.92. The molecular weight excluding hydrogens is 364 g/mol. The molecule has 146 valence electrons. The monoisotopic (exact) mass is 386 g/mol. The third-order valence-electron chi connectivity index (χ3n) is 6.31. The second kappa shape index (κ2) is 6.95. The number of hydrogen-bond donors (Lipinski definition) is 1. The van der Waals surface area contributed by atoms with Crippen molar-refractivity contribution in [2.45, 2.75) is 31.1 Å². The number of fused-ring (bicyclic) bond motifs is 2. The Labute approximate surface area is 168 Å². The summed E-state index contributed by atoms with van der Waals surface area (Å²) in [6, 6.07) is 15.2. The van der Waals surface area contributed by atoms with E-state index in [1.807, 2.05) is 47.4 Å². The van der Waals surface area contributed by atoms with E-state index in [2.05, 4.69) is 9.97 Å². The predicted molar refractivity (Wildman–Crippen MR) is 110 cm³/mol. The molecule has 1 saturated heterocycles. The van der Waals surface area contributed by atoms with Gasteiger partial charge in [0.15, 0.2) is 0 Å². The highest BCUT2D eigenvalue weighted by Gasteiger charge is 2.44. The van der Waals surface area contributed by atoms with E-state index < -0.39 is 0 Å². The molecule has 3 heterocycles. The molecule has 3 aromatic rings. The highest BCUT2D eigenvalue weighted by atomic mass is 16.2. The summed E-state index contributed by atoms with van der Waals surface area (Å²) in [6.45, 7) is 1.31. The first-order valence-corrected chi connectivity index (χ1v) is 10.1. The molecule has 1 amide bonds. The van der Waals surface area contributed by atoms with Crippen LogP contribution in [0.3, 0.4) is 0 Å². The third-order valence-corrected chi connectivity index (χ3v) is 6.31. The average Bonchev–Trinajstić information content (AvgIpc) is 3.13. The first-order valence-electron chi connectivity index (χ1n) is 10.1. The number of carbonyl (C=O) groups excluding carboxylic acids is 1. The number of pyridine rings is 1. The Bertz CT molecular complexity index is 1100. The number of amides is 1. The quantitative estimate of drug-likeness (QED) is 0.734. The van der Waals surface area contributed by atoms with Crippen molar-refractivity contribution in [3.8, 4) is 11.4 Å². The fourth-order valence-electron chi connectivity index (χ4n) is 4.66. The van der Waals surface area contributed by atoms with E-state index in [1.54, 1.807) is 12.3 Å². The third kappa shape index (κ3) is 3.05. The summed E-state index contributed by atoms with van der Waals surface area (Å²) in [6.07, 6.45) is 4.96. The van der Waals surface area contributed by atoms with Crippen molar-refractivity contribution in [3.05, 3.63) is 82.0 Å². The number of likely N-dealkylation sites (tertiary alicyclic amines) is 1. The lowest BCUT2D eigenvalue weighted by molar-refractivity contribution is 0.0657. The number of piperidine rings is 1. The number of H-pyrrole nitrogens is 1. The van der Waals surface area contributed by atoms with Crippen LogP contribution in [-0.4, -0.2) is 38.8 Å². The second-order valence-electron chi connectivity index (χ2n) is 7.90. The van der Waals surface area contributed by atoms with Gasteiger partial charge in [0, 0.05) is 35.8 Å². The molecule has 0 radical (unpaired) electrons. The molecule has 0 atom stereocenters. The normalized spacial score (nSPS) is 17.3. The van der Waals surface area contributed by atoms with E-state index in [-0.39, 0.29) is 16.9 Å². The summed E-state index contributed by atoms with van der Waals surface area (Å²) >= 11 is 0. The van der Waals surface area contributed by atoms with Crippen LogP contribution in [0.25, 0.3) is 11.4 Å². The molecule has 1 N–H and O–H groups in total. The lowest BCUT2D eigenvalue weighted by Gasteiger charge is -2.39. The molecule has 1 aliphatic heterocycles. The summed E-state index contributed by atoms with van der Waals surface area (Å²) in [4.78, 5) is 39.4. The molecule has 2 aliphatic rings. The highest BCUT2D eigenvalue weighted by Crippen LogP contribution is 2.44. The van der Waals surface area contributed by atoms with Crippen LogP contribution in [0.4, 0.5) is 0 Å². The Morgan fingerprint density at radius 2 is 1.76 bits per heavy atom. The van der Waals surface area contributed by atoms with Crippen molar-refractivity contribution in [1.29, 1.82) is 0 Å². The maximum absolute atomic E-state index is 12.7. The molecular formula is C23H22N4O2. The van der Waals surface area contributed by atoms with Crippen LogP contribution >= 0.6 is 0 Å². The first-order chi connectivity index (χ1) is 14.2. The molecule has 2 aromatic heterocycles. The summed E-state index contributed by atoms with van der Waals surface area (Å²) in [5.41, 5.74) is 3.00. The number of aromatic nitrogens is 3. The Morgan fingerprint density at radius 3 is 2.48 bits per heavy atom. The SMILES string of the molecule is O=C(c1ccccn1)N1CCC2(CCc3c2nc(-c2ccccc2)[nH]c3=O)CC1. The van der Waals surface area contributed by atoms with Gasteiger partial charge in [0.1, 0.15) is 11.5 Å². The molecule has 0 saturated carbocycles. The Balaban J connectivity index is 1.43. The van der Waals surface area contributed by atoms with Gasteiger partial charge in [0.2, 0.25) is 0 Å². The molecule has 5 rings (SSSR count). The zero-order valence-corrected chi connectivity index (χ0v) is 16.1. The van der Waals surface area contributed by atoms with Gasteiger partial charge in [-0.15, -0.1) is 0 Å². The predicted octanol–water partition coefficient (Wildman–Crippen LogP) is 2.95. The molecule has 29 heavy (non-hydrogen) atoms. The molecule has 0 bridgehead atoms. The van der Waals surface area contributed by atoms with Gasteiger partial charge < -0.3 is 9.88 Å². The summed E-state index contributed by atoms with van der Waals surface area (Å²) < 4.78 is 0. The van der Waals surface area contributed by atoms with Gasteiger partial charge in [-0.05, 0) is 37.8 Å². The van der Waals surface area contributed by atoms with Crippen molar-refractivity contribution in [1.82, 2.24) is 19.9 Å². The smallest absolute Gasteiger partial charge is 0.272 e. The van der Waals surface area contributed by atoms with E-state index >= 15 is 0 Å². The van der Waals surface area contributed by atoms with Gasteiger partial charge in [-0.2, -0.15) is 0 Å². The van der Waals surface area contributed by atoms with Crippen LogP contribution in [0.2, 0.25) is 0 Å². The Kier molecular flexibility index (Phi) is 4.27. The van der Waals surface area contributed by atoms with Crippen molar-refractivity contribution in [3.63, 3.8) is 0 Å². The molecule has 1 spiro atoms. The maximum Gasteiger partial charge on any atom is 0.272 e. The number of hydrogen-bond acceptors (Lipinski definition) is 4. The minimum absolute atomic E-state index is 0.0255. The minimum atomic E-state index is -0.117. The van der Waals surface area contributed by atoms with Gasteiger partial charge in [-0.1, -0.05) is 36.4 Å². The molecule has 1 aromatic carbocycles. The van der Waals surface area contributed by atoms with Crippen molar-refractivity contribution < 1.29 is 4.79 Å². The van der Waals surface area contributed by atoms with E-state index in [1.165, 1.54) is 0 Å². The molecule has 0 unspecified atom stereocenters. The fourth-order valence-corrected chi connectivity index (χ4v) is 4.66. The van der Waals surface area contributed by atoms with E-state index in [0.717, 1.165) is 42.5 Å². The second-order valence-corrected chi connectivity index (χ2v) is 7.90. The first kappa shape index (κ1) is 17.8. The topological polar surface area (TPSA) is 79.0 Å². The standard InChI is InChI=1S/C23H22N4O2/c28-21-17-9-10-23(19(17)25-20(26-21)16-6-2-1-3-7-16)11-14-27(15-12-23)22(29)18-8-4-5-13-24-18/h1-8,13H,9-12,14-15H2,(H,25,26,28). The van der Waals surface area contributed by atoms with Gasteiger partial charge in [-0.25, -0.2) is 4.98 Å². The van der Waals surface area contributed by atoms with Gasteiger partial charge in [0.05, 0.1) is 5.69 Å². The van der Waals surface area contributed by atoms with Gasteiger partial charge in [0.25, 0.3) is 11.5 Å². The number of rotatable bonds is 2. The number of carbonyl (C=O) groups is 1. The number of nitrogens with zero attached hydrogens (tertiary/aromatic N) is 3. The summed E-state index contributed by atoms with van der Waals surface area (Å²) in [5.74, 6) is 0.602. The van der Waals surface area contributed by atoms with E-state index in [9.17, 15) is 9.59 Å². The van der Waals surface area contributed by atoms with Crippen molar-refractivity contribution >= 4 is 5.91 Å². The maximum atomic E-state index is 12.7. The van der Waals surface area contributed by atoms with Gasteiger partial charge >= 0.3 is 0 Å². The summed E-state index contributed by atoms with van der Waals surface area (Å²) in [7, 11) is 0. The summed E-state index contributed by atoms with van der Waals surface area (Å²) in [5, 5.41) is 0.